The van der Waals surface area contributed by atoms with Crippen LogP contribution >= 0.6 is 0 Å². The van der Waals surface area contributed by atoms with Crippen LogP contribution in [-0.2, 0) is 14.3 Å². The lowest BCUT2D eigenvalue weighted by molar-refractivity contribution is -0.159. The van der Waals surface area contributed by atoms with Crippen LogP contribution < -0.4 is 5.32 Å². The number of hydrogen-bond acceptors (Lipinski definition) is 3. The minimum absolute atomic E-state index is 0.185. The molecule has 27 heavy (non-hydrogen) atoms. The van der Waals surface area contributed by atoms with E-state index in [9.17, 15) is 9.59 Å². The van der Waals surface area contributed by atoms with E-state index in [0.29, 0.717) is 12.0 Å². The third-order valence-corrected chi connectivity index (χ3v) is 4.83. The number of anilines is 1. The molecule has 0 aliphatic heterocycles. The predicted molar refractivity (Wildman–Crippen MR) is 106 cm³/mol. The molecule has 1 N–H and O–H groups in total. The van der Waals surface area contributed by atoms with Gasteiger partial charge in [-0.25, -0.2) is 0 Å². The molecule has 1 aliphatic carbocycles. The van der Waals surface area contributed by atoms with E-state index in [1.54, 1.807) is 12.1 Å². The maximum Gasteiger partial charge on any atom is 0.310 e. The number of allylic oxidation sites excluding steroid dienone is 2. The van der Waals surface area contributed by atoms with Crippen molar-refractivity contribution in [2.75, 3.05) is 5.32 Å². The molecule has 0 fully saturated rings. The van der Waals surface area contributed by atoms with E-state index in [1.807, 2.05) is 56.3 Å². The van der Waals surface area contributed by atoms with Gasteiger partial charge in [-0.15, -0.1) is 0 Å². The Balaban J connectivity index is 1.81. The Morgan fingerprint density at radius 3 is 2.56 bits per heavy atom. The van der Waals surface area contributed by atoms with Crippen molar-refractivity contribution in [3.05, 3.63) is 77.4 Å². The van der Waals surface area contributed by atoms with Crippen molar-refractivity contribution in [3.63, 3.8) is 0 Å². The van der Waals surface area contributed by atoms with Gasteiger partial charge in [0.05, 0.1) is 5.92 Å². The molecule has 0 aromatic heterocycles. The number of ether oxygens (including phenoxy) is 1. The van der Waals surface area contributed by atoms with Crippen molar-refractivity contribution in [1.82, 2.24) is 0 Å². The highest BCUT2D eigenvalue weighted by molar-refractivity contribution is 5.96. The third-order valence-electron chi connectivity index (χ3n) is 4.83. The normalized spacial score (nSPS) is 17.2. The minimum atomic E-state index is -0.968. The maximum atomic E-state index is 13.0. The first-order chi connectivity index (χ1) is 13.0. The fourth-order valence-electron chi connectivity index (χ4n) is 3.19. The van der Waals surface area contributed by atoms with Crippen molar-refractivity contribution in [1.29, 1.82) is 0 Å². The summed E-state index contributed by atoms with van der Waals surface area (Å²) in [6.45, 7) is 3.91. The quantitative estimate of drug-likeness (QED) is 0.608. The molecule has 0 spiro atoms. The summed E-state index contributed by atoms with van der Waals surface area (Å²) >= 11 is 0. The average Bonchev–Trinajstić information content (AvgIpc) is 2.70. The van der Waals surface area contributed by atoms with Gasteiger partial charge in [-0.1, -0.05) is 54.6 Å². The van der Waals surface area contributed by atoms with Gasteiger partial charge in [0.15, 0.2) is 0 Å². The molecule has 0 saturated heterocycles. The Bertz CT molecular complexity index is 842. The molecular formula is C23H25NO3. The van der Waals surface area contributed by atoms with Crippen LogP contribution in [0.1, 0.15) is 42.1 Å². The first-order valence-corrected chi connectivity index (χ1v) is 9.33. The van der Waals surface area contributed by atoms with Crippen LogP contribution in [0.5, 0.6) is 0 Å². The molecule has 0 heterocycles. The molecule has 0 bridgehead atoms. The Morgan fingerprint density at radius 2 is 1.85 bits per heavy atom. The van der Waals surface area contributed by atoms with E-state index in [2.05, 4.69) is 11.4 Å². The van der Waals surface area contributed by atoms with Crippen molar-refractivity contribution >= 4 is 17.6 Å². The van der Waals surface area contributed by atoms with Crippen LogP contribution in [0, 0.1) is 19.8 Å². The van der Waals surface area contributed by atoms with Crippen molar-refractivity contribution in [2.24, 2.45) is 5.92 Å². The summed E-state index contributed by atoms with van der Waals surface area (Å²) in [5.74, 6) is -0.839. The number of benzene rings is 2. The fourth-order valence-corrected chi connectivity index (χ4v) is 3.19. The van der Waals surface area contributed by atoms with Gasteiger partial charge in [0.2, 0.25) is 6.10 Å². The third kappa shape index (κ3) is 4.85. The van der Waals surface area contributed by atoms with Gasteiger partial charge in [-0.3, -0.25) is 9.59 Å². The highest BCUT2D eigenvalue weighted by atomic mass is 16.5. The van der Waals surface area contributed by atoms with Gasteiger partial charge >= 0.3 is 5.97 Å². The van der Waals surface area contributed by atoms with Crippen LogP contribution in [0.15, 0.2) is 60.7 Å². The van der Waals surface area contributed by atoms with E-state index in [0.717, 1.165) is 29.7 Å². The van der Waals surface area contributed by atoms with Crippen LogP contribution in [0.4, 0.5) is 5.69 Å². The molecule has 2 atom stereocenters. The molecule has 1 aliphatic rings. The summed E-state index contributed by atoms with van der Waals surface area (Å²) in [5.41, 5.74) is 3.42. The molecule has 3 rings (SSSR count). The number of amides is 1. The summed E-state index contributed by atoms with van der Waals surface area (Å²) in [5, 5.41) is 2.93. The zero-order valence-corrected chi connectivity index (χ0v) is 15.8. The number of carbonyl (C=O) groups excluding carboxylic acids is 2. The molecule has 4 heteroatoms. The topological polar surface area (TPSA) is 55.4 Å². The number of rotatable bonds is 5. The molecular weight excluding hydrogens is 338 g/mol. The Labute approximate surface area is 160 Å². The summed E-state index contributed by atoms with van der Waals surface area (Å²) in [7, 11) is 0. The second-order valence-electron chi connectivity index (χ2n) is 7.02. The molecule has 2 aromatic carbocycles. The van der Waals surface area contributed by atoms with E-state index in [-0.39, 0.29) is 17.8 Å². The second kappa shape index (κ2) is 8.67. The number of aryl methyl sites for hydroxylation is 2. The zero-order valence-electron chi connectivity index (χ0n) is 15.8. The number of hydrogen-bond donors (Lipinski definition) is 1. The average molecular weight is 363 g/mol. The van der Waals surface area contributed by atoms with Gasteiger partial charge in [-0.05, 0) is 50.3 Å². The lowest BCUT2D eigenvalue weighted by atomic mass is 9.94. The van der Waals surface area contributed by atoms with E-state index >= 15 is 0 Å². The monoisotopic (exact) mass is 363 g/mol. The molecule has 4 nitrogen and oxygen atoms in total. The summed E-state index contributed by atoms with van der Waals surface area (Å²) < 4.78 is 5.70. The smallest absolute Gasteiger partial charge is 0.310 e. The van der Waals surface area contributed by atoms with E-state index < -0.39 is 6.10 Å². The van der Waals surface area contributed by atoms with E-state index in [1.165, 1.54) is 0 Å². The van der Waals surface area contributed by atoms with Crippen LogP contribution in [0.2, 0.25) is 0 Å². The SMILES string of the molecule is Cc1ccc(C)c(NC(=O)[C@@H](OC(=O)[C@H]2CC=CCC2)c2ccccc2)c1. The fraction of sp³-hybridized carbons (Fsp3) is 0.304. The molecule has 0 unspecified atom stereocenters. The molecule has 1 amide bonds. The van der Waals surface area contributed by atoms with Crippen LogP contribution in [0.3, 0.4) is 0 Å². The Hall–Kier alpha value is -2.88. The van der Waals surface area contributed by atoms with Gasteiger partial charge < -0.3 is 10.1 Å². The van der Waals surface area contributed by atoms with Gasteiger partial charge in [-0.2, -0.15) is 0 Å². The van der Waals surface area contributed by atoms with Crippen LogP contribution in [-0.4, -0.2) is 11.9 Å². The zero-order chi connectivity index (χ0) is 19.2. The molecule has 140 valence electrons. The molecule has 2 aromatic rings. The standard InChI is InChI=1S/C23H25NO3/c1-16-13-14-17(2)20(15-16)24-22(25)21(18-9-5-3-6-10-18)27-23(26)19-11-7-4-8-12-19/h3-7,9-10,13-15,19,21H,8,11-12H2,1-2H3,(H,24,25)/t19-,21-/m0/s1. The molecule has 0 radical (unpaired) electrons. The maximum absolute atomic E-state index is 13.0. The minimum Gasteiger partial charge on any atom is -0.447 e. The Morgan fingerprint density at radius 1 is 1.07 bits per heavy atom. The summed E-state index contributed by atoms with van der Waals surface area (Å²) in [6, 6.07) is 15.0. The van der Waals surface area contributed by atoms with Crippen LogP contribution in [0.25, 0.3) is 0 Å². The summed E-state index contributed by atoms with van der Waals surface area (Å²) in [4.78, 5) is 25.6. The van der Waals surface area contributed by atoms with Crippen molar-refractivity contribution < 1.29 is 14.3 Å². The number of esters is 1. The highest BCUT2D eigenvalue weighted by Gasteiger charge is 2.29. The highest BCUT2D eigenvalue weighted by Crippen LogP contribution is 2.26. The number of nitrogens with one attached hydrogen (secondary N) is 1. The number of carbonyl (C=O) groups is 2. The van der Waals surface area contributed by atoms with Crippen molar-refractivity contribution in [2.45, 2.75) is 39.2 Å². The molecule has 0 saturated carbocycles. The summed E-state index contributed by atoms with van der Waals surface area (Å²) in [6.07, 6.45) is 5.40. The van der Waals surface area contributed by atoms with Gasteiger partial charge in [0.1, 0.15) is 0 Å². The largest absolute Gasteiger partial charge is 0.447 e. The van der Waals surface area contributed by atoms with E-state index in [4.69, 9.17) is 4.74 Å². The second-order valence-corrected chi connectivity index (χ2v) is 7.02. The lowest BCUT2D eigenvalue weighted by Crippen LogP contribution is -2.29. The lowest BCUT2D eigenvalue weighted by Gasteiger charge is -2.22. The van der Waals surface area contributed by atoms with Gasteiger partial charge in [0.25, 0.3) is 5.91 Å². The predicted octanol–water partition coefficient (Wildman–Crippen LogP) is 4.88. The first kappa shape index (κ1) is 18.9. The van der Waals surface area contributed by atoms with Crippen molar-refractivity contribution in [3.8, 4) is 0 Å². The van der Waals surface area contributed by atoms with Gasteiger partial charge in [0, 0.05) is 11.3 Å². The first-order valence-electron chi connectivity index (χ1n) is 9.33. The Kier molecular flexibility index (Phi) is 6.07.